The lowest BCUT2D eigenvalue weighted by molar-refractivity contribution is -0.155. The Balaban J connectivity index is 1.57. The van der Waals surface area contributed by atoms with Crippen LogP contribution in [0.25, 0.3) is 6.08 Å². The number of hydrogen-bond donors (Lipinski definition) is 0. The van der Waals surface area contributed by atoms with Gasteiger partial charge in [-0.2, -0.15) is 0 Å². The predicted octanol–water partition coefficient (Wildman–Crippen LogP) is 4.19. The summed E-state index contributed by atoms with van der Waals surface area (Å²) in [6.07, 6.45) is 6.30. The van der Waals surface area contributed by atoms with E-state index in [1.165, 1.54) is 5.56 Å². The van der Waals surface area contributed by atoms with Crippen molar-refractivity contribution < 1.29 is 23.8 Å². The molecule has 1 saturated heterocycles. The fraction of sp³-hybridized carbons (Fsp3) is 0.385. The Morgan fingerprint density at radius 1 is 1.03 bits per heavy atom. The molecule has 0 aliphatic carbocycles. The molecule has 32 heavy (non-hydrogen) atoms. The molecule has 0 spiro atoms. The summed E-state index contributed by atoms with van der Waals surface area (Å²) in [5.74, 6) is 0.790. The van der Waals surface area contributed by atoms with Crippen LogP contribution in [0.4, 0.5) is 0 Å². The molecule has 6 nitrogen and oxygen atoms in total. The number of hydrogen-bond acceptors (Lipinski definition) is 5. The van der Waals surface area contributed by atoms with Gasteiger partial charge in [-0.3, -0.25) is 4.79 Å². The van der Waals surface area contributed by atoms with Crippen molar-refractivity contribution >= 4 is 18.0 Å². The van der Waals surface area contributed by atoms with Gasteiger partial charge in [-0.25, -0.2) is 4.79 Å². The van der Waals surface area contributed by atoms with Crippen molar-refractivity contribution in [1.82, 2.24) is 4.90 Å². The number of benzene rings is 2. The molecule has 170 valence electrons. The minimum Gasteiger partial charge on any atom is -0.493 e. The van der Waals surface area contributed by atoms with Gasteiger partial charge in [0.1, 0.15) is 6.04 Å². The van der Waals surface area contributed by atoms with Crippen molar-refractivity contribution in [3.63, 3.8) is 0 Å². The molecular formula is C26H31NO5. The maximum Gasteiger partial charge on any atom is 0.328 e. The Labute approximate surface area is 189 Å². The van der Waals surface area contributed by atoms with Gasteiger partial charge in [-0.05, 0) is 55.5 Å². The molecule has 6 heteroatoms. The quantitative estimate of drug-likeness (QED) is 0.458. The standard InChI is InChI=1S/C26H31NO5/c1-19-7-9-20(10-8-19)12-14-25(28)27-16-5-4-6-22(27)26(29)32-17-15-21-11-13-23(30-2)24(18-21)31-3/h7-14,18,22H,4-6,15-17H2,1-3H3/b14-12+. The van der Waals surface area contributed by atoms with E-state index in [0.29, 0.717) is 30.9 Å². The second-order valence-corrected chi connectivity index (χ2v) is 7.89. The number of piperidine rings is 1. The largest absolute Gasteiger partial charge is 0.493 e. The monoisotopic (exact) mass is 437 g/mol. The van der Waals surface area contributed by atoms with Crippen molar-refractivity contribution in [3.8, 4) is 11.5 Å². The summed E-state index contributed by atoms with van der Waals surface area (Å²) < 4.78 is 16.1. The van der Waals surface area contributed by atoms with E-state index < -0.39 is 6.04 Å². The maximum absolute atomic E-state index is 12.8. The summed E-state index contributed by atoms with van der Waals surface area (Å²) >= 11 is 0. The number of methoxy groups -OCH3 is 2. The van der Waals surface area contributed by atoms with Crippen molar-refractivity contribution in [3.05, 3.63) is 65.2 Å². The molecule has 2 aromatic carbocycles. The molecule has 1 atom stereocenters. The number of amides is 1. The molecule has 0 radical (unpaired) electrons. The van der Waals surface area contributed by atoms with E-state index in [9.17, 15) is 9.59 Å². The van der Waals surface area contributed by atoms with E-state index in [1.54, 1.807) is 31.3 Å². The highest BCUT2D eigenvalue weighted by atomic mass is 16.5. The summed E-state index contributed by atoms with van der Waals surface area (Å²) in [6, 6.07) is 13.0. The number of carbonyl (C=O) groups excluding carboxylic acids is 2. The van der Waals surface area contributed by atoms with Crippen LogP contribution in [0.15, 0.2) is 48.5 Å². The first-order valence-electron chi connectivity index (χ1n) is 10.9. The number of likely N-dealkylation sites (tertiary alicyclic amines) is 1. The van der Waals surface area contributed by atoms with Crippen LogP contribution in [0, 0.1) is 6.92 Å². The Morgan fingerprint density at radius 3 is 2.50 bits per heavy atom. The molecule has 1 heterocycles. The first-order chi connectivity index (χ1) is 15.5. The van der Waals surface area contributed by atoms with Gasteiger partial charge in [0, 0.05) is 19.0 Å². The number of ether oxygens (including phenoxy) is 3. The Hall–Kier alpha value is -3.28. The molecule has 1 unspecified atom stereocenters. The molecule has 3 rings (SSSR count). The van der Waals surface area contributed by atoms with Gasteiger partial charge in [0.15, 0.2) is 11.5 Å². The van der Waals surface area contributed by atoms with E-state index >= 15 is 0 Å². The molecule has 1 fully saturated rings. The summed E-state index contributed by atoms with van der Waals surface area (Å²) in [7, 11) is 3.18. The highest BCUT2D eigenvalue weighted by Crippen LogP contribution is 2.27. The van der Waals surface area contributed by atoms with Crippen LogP contribution in [-0.2, 0) is 20.7 Å². The summed E-state index contributed by atoms with van der Waals surface area (Å²) in [5.41, 5.74) is 3.10. The lowest BCUT2D eigenvalue weighted by Crippen LogP contribution is -2.48. The van der Waals surface area contributed by atoms with Crippen LogP contribution >= 0.6 is 0 Å². The third-order valence-corrected chi connectivity index (χ3v) is 5.64. The van der Waals surface area contributed by atoms with E-state index in [-0.39, 0.29) is 18.5 Å². The van der Waals surface area contributed by atoms with Gasteiger partial charge in [-0.15, -0.1) is 0 Å². The highest BCUT2D eigenvalue weighted by molar-refractivity contribution is 5.94. The van der Waals surface area contributed by atoms with Crippen LogP contribution in [0.1, 0.15) is 36.0 Å². The fourth-order valence-corrected chi connectivity index (χ4v) is 3.78. The highest BCUT2D eigenvalue weighted by Gasteiger charge is 2.32. The number of rotatable bonds is 8. The first kappa shape index (κ1) is 23.4. The van der Waals surface area contributed by atoms with Crippen LogP contribution in [0.2, 0.25) is 0 Å². The maximum atomic E-state index is 12.8. The van der Waals surface area contributed by atoms with Gasteiger partial charge in [0.05, 0.1) is 20.8 Å². The molecule has 1 aliphatic heterocycles. The van der Waals surface area contributed by atoms with Gasteiger partial charge in [0.25, 0.3) is 0 Å². The molecule has 0 saturated carbocycles. The average Bonchev–Trinajstić information content (AvgIpc) is 2.83. The molecule has 2 aromatic rings. The molecule has 1 amide bonds. The van der Waals surface area contributed by atoms with Crippen LogP contribution in [0.5, 0.6) is 11.5 Å². The second-order valence-electron chi connectivity index (χ2n) is 7.89. The van der Waals surface area contributed by atoms with Gasteiger partial charge < -0.3 is 19.1 Å². The Morgan fingerprint density at radius 2 is 1.78 bits per heavy atom. The zero-order chi connectivity index (χ0) is 22.9. The lowest BCUT2D eigenvalue weighted by atomic mass is 10.0. The van der Waals surface area contributed by atoms with Crippen molar-refractivity contribution in [2.75, 3.05) is 27.4 Å². The van der Waals surface area contributed by atoms with E-state index in [1.807, 2.05) is 49.4 Å². The van der Waals surface area contributed by atoms with Gasteiger partial charge in [0.2, 0.25) is 5.91 Å². The molecule has 0 aromatic heterocycles. The average molecular weight is 438 g/mol. The number of aryl methyl sites for hydroxylation is 1. The summed E-state index contributed by atoms with van der Waals surface area (Å²) in [4.78, 5) is 27.2. The summed E-state index contributed by atoms with van der Waals surface area (Å²) in [6.45, 7) is 2.83. The lowest BCUT2D eigenvalue weighted by Gasteiger charge is -2.33. The zero-order valence-electron chi connectivity index (χ0n) is 19.0. The van der Waals surface area contributed by atoms with Crippen LogP contribution in [0.3, 0.4) is 0 Å². The molecule has 0 N–H and O–H groups in total. The Bertz CT molecular complexity index is 951. The topological polar surface area (TPSA) is 65.1 Å². The van der Waals surface area contributed by atoms with Gasteiger partial charge >= 0.3 is 5.97 Å². The third kappa shape index (κ3) is 6.13. The zero-order valence-corrected chi connectivity index (χ0v) is 19.0. The third-order valence-electron chi connectivity index (χ3n) is 5.64. The fourth-order valence-electron chi connectivity index (χ4n) is 3.78. The normalized spacial score (nSPS) is 16.1. The van der Waals surface area contributed by atoms with E-state index in [2.05, 4.69) is 0 Å². The SMILES string of the molecule is COc1ccc(CCOC(=O)C2CCCCN2C(=O)/C=C/c2ccc(C)cc2)cc1OC. The number of carbonyl (C=O) groups is 2. The van der Waals surface area contributed by atoms with Crippen molar-refractivity contribution in [1.29, 1.82) is 0 Å². The molecule has 1 aliphatic rings. The molecule has 0 bridgehead atoms. The smallest absolute Gasteiger partial charge is 0.328 e. The minimum atomic E-state index is -0.538. The Kier molecular flexibility index (Phi) is 8.31. The summed E-state index contributed by atoms with van der Waals surface area (Å²) in [5, 5.41) is 0. The van der Waals surface area contributed by atoms with E-state index in [0.717, 1.165) is 24.0 Å². The van der Waals surface area contributed by atoms with E-state index in [4.69, 9.17) is 14.2 Å². The van der Waals surface area contributed by atoms with Gasteiger partial charge in [-0.1, -0.05) is 35.9 Å². The molecular weight excluding hydrogens is 406 g/mol. The number of esters is 1. The van der Waals surface area contributed by atoms with Crippen LogP contribution in [-0.4, -0.2) is 50.2 Å². The second kappa shape index (κ2) is 11.4. The van der Waals surface area contributed by atoms with Crippen molar-refractivity contribution in [2.45, 2.75) is 38.6 Å². The van der Waals surface area contributed by atoms with Crippen molar-refractivity contribution in [2.24, 2.45) is 0 Å². The minimum absolute atomic E-state index is 0.160. The predicted molar refractivity (Wildman–Crippen MR) is 124 cm³/mol. The first-order valence-corrected chi connectivity index (χ1v) is 10.9. The van der Waals surface area contributed by atoms with Crippen LogP contribution < -0.4 is 9.47 Å². The number of nitrogens with zero attached hydrogens (tertiary/aromatic N) is 1.